The summed E-state index contributed by atoms with van der Waals surface area (Å²) in [5, 5.41) is 6.47. The molecule has 2 N–H and O–H groups in total. The molecular weight excluding hydrogens is 479 g/mol. The van der Waals surface area contributed by atoms with Gasteiger partial charge in [-0.3, -0.25) is 4.99 Å². The fraction of sp³-hybridized carbons (Fsp3) is 0.643. The van der Waals surface area contributed by atoms with Gasteiger partial charge in [-0.1, -0.05) is 0 Å². The number of thioether (sulfide) groups is 1. The number of nitrogens with zero attached hydrogens (tertiary/aromatic N) is 2. The van der Waals surface area contributed by atoms with Gasteiger partial charge in [-0.25, -0.2) is 12.7 Å². The summed E-state index contributed by atoms with van der Waals surface area (Å²) in [7, 11) is 1.46. The van der Waals surface area contributed by atoms with E-state index in [2.05, 4.69) is 21.9 Å². The normalized spacial score (nSPS) is 12.1. The Morgan fingerprint density at radius 2 is 2.00 bits per heavy atom. The predicted molar refractivity (Wildman–Crippen MR) is 116 cm³/mol. The zero-order valence-electron chi connectivity index (χ0n) is 14.5. The first kappa shape index (κ1) is 24.0. The molecule has 1 rings (SSSR count). The van der Waals surface area contributed by atoms with Gasteiger partial charge >= 0.3 is 0 Å². The first-order valence-electron chi connectivity index (χ1n) is 7.36. The number of sulfonamides is 1. The van der Waals surface area contributed by atoms with E-state index in [1.54, 1.807) is 13.1 Å². The topological polar surface area (TPSA) is 73.8 Å². The standard InChI is InChI=1S/C14H26N4O2S3.HI/c1-15-14(16-9-5-6-10-21-4)17-11-12-7-8-13(22-12)23(19,20)18(2)3;/h7-8H,5-6,9-11H2,1-4H3,(H2,15,16,17);1H. The Balaban J connectivity index is 0.00000529. The number of hydrogen-bond donors (Lipinski definition) is 2. The van der Waals surface area contributed by atoms with Crippen molar-refractivity contribution in [2.24, 2.45) is 4.99 Å². The van der Waals surface area contributed by atoms with E-state index in [9.17, 15) is 8.42 Å². The maximum absolute atomic E-state index is 12.0. The Labute approximate surface area is 171 Å². The Morgan fingerprint density at radius 3 is 2.58 bits per heavy atom. The van der Waals surface area contributed by atoms with Gasteiger partial charge in [0.2, 0.25) is 0 Å². The van der Waals surface area contributed by atoms with Gasteiger partial charge in [-0.05, 0) is 37.0 Å². The van der Waals surface area contributed by atoms with Crippen molar-refractivity contribution >= 4 is 63.1 Å². The molecule has 0 fully saturated rings. The van der Waals surface area contributed by atoms with Crippen molar-refractivity contribution in [2.75, 3.05) is 39.7 Å². The zero-order valence-corrected chi connectivity index (χ0v) is 19.3. The summed E-state index contributed by atoms with van der Waals surface area (Å²) in [5.41, 5.74) is 0. The van der Waals surface area contributed by atoms with Crippen molar-refractivity contribution in [1.82, 2.24) is 14.9 Å². The van der Waals surface area contributed by atoms with Crippen LogP contribution in [0, 0.1) is 0 Å². The van der Waals surface area contributed by atoms with E-state index in [4.69, 9.17) is 0 Å². The quantitative estimate of drug-likeness (QED) is 0.233. The number of rotatable bonds is 9. The Morgan fingerprint density at radius 1 is 1.29 bits per heavy atom. The zero-order chi connectivity index (χ0) is 17.3. The van der Waals surface area contributed by atoms with Crippen LogP contribution in [0.15, 0.2) is 21.3 Å². The minimum Gasteiger partial charge on any atom is -0.356 e. The average Bonchev–Trinajstić information content (AvgIpc) is 2.99. The first-order chi connectivity index (χ1) is 10.9. The van der Waals surface area contributed by atoms with E-state index < -0.39 is 10.0 Å². The van der Waals surface area contributed by atoms with E-state index in [0.717, 1.165) is 23.8 Å². The molecule has 0 spiro atoms. The molecule has 0 aliphatic heterocycles. The highest BCUT2D eigenvalue weighted by Crippen LogP contribution is 2.23. The number of aliphatic imine (C=N–C) groups is 1. The van der Waals surface area contributed by atoms with Gasteiger partial charge in [0.25, 0.3) is 10.0 Å². The molecule has 0 radical (unpaired) electrons. The van der Waals surface area contributed by atoms with Crippen LogP contribution in [0.25, 0.3) is 0 Å². The summed E-state index contributed by atoms with van der Waals surface area (Å²) in [5.74, 6) is 1.91. The average molecular weight is 507 g/mol. The van der Waals surface area contributed by atoms with Crippen LogP contribution in [0.5, 0.6) is 0 Å². The minimum absolute atomic E-state index is 0. The minimum atomic E-state index is -3.35. The van der Waals surface area contributed by atoms with Gasteiger partial charge < -0.3 is 10.6 Å². The lowest BCUT2D eigenvalue weighted by Crippen LogP contribution is -2.37. The number of hydrogen-bond acceptors (Lipinski definition) is 5. The number of halogens is 1. The third-order valence-electron chi connectivity index (χ3n) is 3.09. The lowest BCUT2D eigenvalue weighted by molar-refractivity contribution is 0.523. The molecule has 6 nitrogen and oxygen atoms in total. The SMILES string of the molecule is CN=C(NCCCCSC)NCc1ccc(S(=O)(=O)N(C)C)s1.I. The molecule has 10 heteroatoms. The fourth-order valence-corrected chi connectivity index (χ4v) is 4.70. The second kappa shape index (κ2) is 12.3. The molecule has 0 amide bonds. The molecule has 0 saturated heterocycles. The van der Waals surface area contributed by atoms with Crippen molar-refractivity contribution in [2.45, 2.75) is 23.6 Å². The third kappa shape index (κ3) is 7.89. The molecule has 24 heavy (non-hydrogen) atoms. The van der Waals surface area contributed by atoms with Crippen molar-refractivity contribution in [3.05, 3.63) is 17.0 Å². The Kier molecular flexibility index (Phi) is 12.3. The van der Waals surface area contributed by atoms with Gasteiger partial charge in [0.1, 0.15) is 4.21 Å². The molecule has 0 aliphatic carbocycles. The molecule has 0 aliphatic rings. The van der Waals surface area contributed by atoms with Crippen molar-refractivity contribution in [3.8, 4) is 0 Å². The van der Waals surface area contributed by atoms with Crippen molar-refractivity contribution in [3.63, 3.8) is 0 Å². The largest absolute Gasteiger partial charge is 0.356 e. The number of nitrogens with one attached hydrogen (secondary N) is 2. The molecule has 0 saturated carbocycles. The predicted octanol–water partition coefficient (Wildman–Crippen LogP) is 2.42. The van der Waals surface area contributed by atoms with E-state index in [1.165, 1.54) is 41.9 Å². The third-order valence-corrected chi connectivity index (χ3v) is 7.16. The van der Waals surface area contributed by atoms with Gasteiger partial charge in [-0.15, -0.1) is 35.3 Å². The molecule has 0 bridgehead atoms. The molecular formula is C14H27IN4O2S3. The van der Waals surface area contributed by atoms with Gasteiger partial charge in [0.05, 0.1) is 6.54 Å². The monoisotopic (exact) mass is 506 g/mol. The molecule has 0 atom stereocenters. The smallest absolute Gasteiger partial charge is 0.252 e. The summed E-state index contributed by atoms with van der Waals surface area (Å²) in [6.07, 6.45) is 4.40. The fourth-order valence-electron chi connectivity index (χ4n) is 1.74. The highest BCUT2D eigenvalue weighted by atomic mass is 127. The van der Waals surface area contributed by atoms with Crippen molar-refractivity contribution < 1.29 is 8.42 Å². The van der Waals surface area contributed by atoms with Crippen LogP contribution >= 0.6 is 47.1 Å². The molecule has 0 aromatic carbocycles. The maximum Gasteiger partial charge on any atom is 0.252 e. The molecule has 1 aromatic heterocycles. The number of unbranched alkanes of at least 4 members (excludes halogenated alkanes) is 1. The molecule has 1 heterocycles. The van der Waals surface area contributed by atoms with E-state index in [0.29, 0.717) is 10.8 Å². The second-order valence-corrected chi connectivity index (χ2v) is 9.59. The Hall–Kier alpha value is -0.0400. The van der Waals surface area contributed by atoms with Gasteiger partial charge in [0.15, 0.2) is 5.96 Å². The van der Waals surface area contributed by atoms with Crippen LogP contribution < -0.4 is 10.6 Å². The van der Waals surface area contributed by atoms with Crippen LogP contribution in [0.2, 0.25) is 0 Å². The van der Waals surface area contributed by atoms with E-state index >= 15 is 0 Å². The molecule has 140 valence electrons. The van der Waals surface area contributed by atoms with Crippen molar-refractivity contribution in [1.29, 1.82) is 0 Å². The molecule has 1 aromatic rings. The number of guanidine groups is 1. The summed E-state index contributed by atoms with van der Waals surface area (Å²) < 4.78 is 25.7. The van der Waals surface area contributed by atoms with Gasteiger partial charge in [-0.2, -0.15) is 11.8 Å². The summed E-state index contributed by atoms with van der Waals surface area (Å²) in [6.45, 7) is 1.43. The maximum atomic E-state index is 12.0. The van der Waals surface area contributed by atoms with Crippen LogP contribution in [0.4, 0.5) is 0 Å². The van der Waals surface area contributed by atoms with E-state index in [1.807, 2.05) is 17.8 Å². The molecule has 0 unspecified atom stereocenters. The summed E-state index contributed by atoms with van der Waals surface area (Å²) >= 11 is 3.13. The van der Waals surface area contributed by atoms with Crippen LogP contribution in [0.1, 0.15) is 17.7 Å². The second-order valence-electron chi connectivity index (χ2n) is 5.06. The van der Waals surface area contributed by atoms with Crippen LogP contribution in [0.3, 0.4) is 0 Å². The summed E-state index contributed by atoms with van der Waals surface area (Å²) in [6, 6.07) is 3.48. The first-order valence-corrected chi connectivity index (χ1v) is 11.0. The van der Waals surface area contributed by atoms with E-state index in [-0.39, 0.29) is 24.0 Å². The van der Waals surface area contributed by atoms with Gasteiger partial charge in [0, 0.05) is 32.6 Å². The highest BCUT2D eigenvalue weighted by molar-refractivity contribution is 14.0. The number of thiophene rings is 1. The Bertz CT molecular complexity index is 603. The van der Waals surface area contributed by atoms with Crippen LogP contribution in [-0.4, -0.2) is 58.4 Å². The highest BCUT2D eigenvalue weighted by Gasteiger charge is 2.19. The lowest BCUT2D eigenvalue weighted by atomic mass is 10.3. The van der Waals surface area contributed by atoms with Crippen LogP contribution in [-0.2, 0) is 16.6 Å². The lowest BCUT2D eigenvalue weighted by Gasteiger charge is -2.11. The summed E-state index contributed by atoms with van der Waals surface area (Å²) in [4.78, 5) is 5.13.